The van der Waals surface area contributed by atoms with E-state index < -0.39 is 0 Å². The van der Waals surface area contributed by atoms with Crippen molar-refractivity contribution in [2.75, 3.05) is 0 Å². The quantitative estimate of drug-likeness (QED) is 0.354. The molecule has 4 nitrogen and oxygen atoms in total. The van der Waals surface area contributed by atoms with E-state index in [1.54, 1.807) is 0 Å². The largest absolute Gasteiger partial charge is 3.00 e. The van der Waals surface area contributed by atoms with Crippen molar-refractivity contribution in [3.05, 3.63) is 0 Å². The van der Waals surface area contributed by atoms with Gasteiger partial charge in [-0.15, -0.1) is 0 Å². The molecule has 0 spiro atoms. The van der Waals surface area contributed by atoms with E-state index in [0.717, 1.165) is 0 Å². The van der Waals surface area contributed by atoms with Crippen LogP contribution in [-0.2, 0) is 47.9 Å². The summed E-state index contributed by atoms with van der Waals surface area (Å²) in [6, 6.07) is 0. The van der Waals surface area contributed by atoms with Gasteiger partial charge >= 0.3 is 61.8 Å². The van der Waals surface area contributed by atoms with Crippen molar-refractivity contribution >= 4 is 27.3 Å². The third-order valence-corrected chi connectivity index (χ3v) is 0. The van der Waals surface area contributed by atoms with Crippen molar-refractivity contribution in [1.29, 1.82) is 0 Å². The van der Waals surface area contributed by atoms with Gasteiger partial charge in [-0.25, -0.2) is 0 Å². The molecule has 4 radical (unpaired) electrons. The van der Waals surface area contributed by atoms with Crippen LogP contribution in [0.1, 0.15) is 0 Å². The fourth-order valence-corrected chi connectivity index (χ4v) is 0. The van der Waals surface area contributed by atoms with Crippen molar-refractivity contribution in [2.24, 2.45) is 0 Å². The molecule has 0 aliphatic heterocycles. The van der Waals surface area contributed by atoms with Gasteiger partial charge in [0, 0.05) is 49.0 Å². The Morgan fingerprint density at radius 1 is 0.625 bits per heavy atom. The molecule has 0 aromatic carbocycles. The van der Waals surface area contributed by atoms with Crippen LogP contribution in [0, 0.1) is 35.6 Å². The first kappa shape index (κ1) is 102. The molecular weight excluding hydrogens is 549 g/mol. The Morgan fingerprint density at radius 3 is 0.625 bits per heavy atom. The summed E-state index contributed by atoms with van der Waals surface area (Å²) in [5, 5.41) is 0. The van der Waals surface area contributed by atoms with Crippen LogP contribution < -0.4 is 0 Å². The first-order chi connectivity index (χ1) is 0. The zero-order chi connectivity index (χ0) is 0. The second kappa shape index (κ2) is 76.3. The van der Waals surface area contributed by atoms with E-state index in [2.05, 4.69) is 0 Å². The Kier molecular flexibility index (Phi) is 971. The van der Waals surface area contributed by atoms with E-state index >= 15 is 0 Å². The molecule has 8 heavy (non-hydrogen) atoms. The third-order valence-electron chi connectivity index (χ3n) is 0. The summed E-state index contributed by atoms with van der Waals surface area (Å²) in [7, 11) is 0. The van der Waals surface area contributed by atoms with E-state index in [1.165, 1.54) is 0 Å². The van der Waals surface area contributed by atoms with Crippen molar-refractivity contribution in [3.8, 4) is 0 Å². The van der Waals surface area contributed by atoms with Gasteiger partial charge in [0.1, 0.15) is 0 Å². The van der Waals surface area contributed by atoms with Gasteiger partial charge in [-0.05, 0) is 0 Å². The van der Waals surface area contributed by atoms with Gasteiger partial charge in [0.25, 0.3) is 0 Å². The molecule has 0 aliphatic carbocycles. The SMILES string of the molecule is [La+3].[OH-].[OH-].[OH-].[OH-].[Pb].[Ti].[Zr+2]. The number of rotatable bonds is 0. The molecule has 0 atom stereocenters. The molecular formula is H4LaO4PbTiZr+. The summed E-state index contributed by atoms with van der Waals surface area (Å²) in [5.41, 5.74) is 0. The molecule has 0 bridgehead atoms. The minimum Gasteiger partial charge on any atom is -0.870 e. The number of hydrogen-bond acceptors (Lipinski definition) is 4. The molecule has 0 aliphatic rings. The minimum absolute atomic E-state index is 0. The Labute approximate surface area is 130 Å². The number of hydrogen-bond donors (Lipinski definition) is 0. The maximum absolute atomic E-state index is 0. The molecule has 0 saturated heterocycles. The van der Waals surface area contributed by atoms with E-state index in [9.17, 15) is 0 Å². The van der Waals surface area contributed by atoms with Crippen LogP contribution >= 0.6 is 0 Å². The second-order valence-electron chi connectivity index (χ2n) is 0. The zero-order valence-electron chi connectivity index (χ0n) is 3.87. The molecule has 0 aromatic heterocycles. The standard InChI is InChI=1S/La.4H2O.Pb.Ti.Zr/h;4*1H2;;;/q+3;;;;;;;+2/p-4. The average molecular weight is 553 g/mol. The molecule has 0 heterocycles. The van der Waals surface area contributed by atoms with Crippen LogP contribution in [0.15, 0.2) is 0 Å². The molecule has 0 fully saturated rings. The monoisotopic (exact) mass is 553 g/mol. The van der Waals surface area contributed by atoms with Gasteiger partial charge < -0.3 is 21.9 Å². The van der Waals surface area contributed by atoms with Gasteiger partial charge in [0.2, 0.25) is 0 Å². The Balaban J connectivity index is 0. The van der Waals surface area contributed by atoms with Crippen LogP contribution in [0.4, 0.5) is 0 Å². The Morgan fingerprint density at radius 2 is 0.625 bits per heavy atom. The van der Waals surface area contributed by atoms with Crippen LogP contribution in [-0.4, -0.2) is 49.2 Å². The van der Waals surface area contributed by atoms with E-state index in [0.29, 0.717) is 0 Å². The zero-order valence-corrected chi connectivity index (χ0v) is 15.4. The van der Waals surface area contributed by atoms with E-state index in [1.807, 2.05) is 0 Å². The van der Waals surface area contributed by atoms with Crippen molar-refractivity contribution < 1.29 is 105 Å². The topological polar surface area (TPSA) is 120 Å². The molecule has 4 N–H and O–H groups in total. The maximum Gasteiger partial charge on any atom is 3.00 e. The average Bonchev–Trinajstić information content (AvgIpc) is 0. The molecule has 0 rings (SSSR count). The van der Waals surface area contributed by atoms with Gasteiger partial charge in [-0.1, -0.05) is 0 Å². The Bertz CT molecular complexity index is 16.0. The van der Waals surface area contributed by atoms with Gasteiger partial charge in [0.05, 0.1) is 0 Å². The first-order valence-corrected chi connectivity index (χ1v) is 0. The van der Waals surface area contributed by atoms with Gasteiger partial charge in [-0.3, -0.25) is 0 Å². The van der Waals surface area contributed by atoms with E-state index in [-0.39, 0.29) is 133 Å². The first-order valence-electron chi connectivity index (χ1n) is 0. The minimum atomic E-state index is 0. The van der Waals surface area contributed by atoms with E-state index in [4.69, 9.17) is 0 Å². The molecule has 0 unspecified atom stereocenters. The molecule has 8 heteroatoms. The van der Waals surface area contributed by atoms with Crippen molar-refractivity contribution in [1.82, 2.24) is 0 Å². The fraction of sp³-hybridized carbons (Fsp3) is 0. The molecule has 0 saturated carbocycles. The second-order valence-corrected chi connectivity index (χ2v) is 0. The molecule has 0 amide bonds. The maximum atomic E-state index is 0. The predicted octanol–water partition coefficient (Wildman–Crippen LogP) is -1.09. The van der Waals surface area contributed by atoms with Crippen LogP contribution in [0.3, 0.4) is 0 Å². The normalized spacial score (nSPS) is 0. The van der Waals surface area contributed by atoms with Gasteiger partial charge in [0.15, 0.2) is 0 Å². The summed E-state index contributed by atoms with van der Waals surface area (Å²) >= 11 is 0. The smallest absolute Gasteiger partial charge is 0.870 e. The molecule has 42 valence electrons. The molecule has 0 aromatic rings. The van der Waals surface area contributed by atoms with Crippen LogP contribution in [0.25, 0.3) is 0 Å². The third kappa shape index (κ3) is 55.3. The summed E-state index contributed by atoms with van der Waals surface area (Å²) in [4.78, 5) is 0. The van der Waals surface area contributed by atoms with Gasteiger partial charge in [-0.2, -0.15) is 0 Å². The van der Waals surface area contributed by atoms with Crippen molar-refractivity contribution in [2.45, 2.75) is 0 Å². The summed E-state index contributed by atoms with van der Waals surface area (Å²) < 4.78 is 0. The summed E-state index contributed by atoms with van der Waals surface area (Å²) in [6.07, 6.45) is 0. The van der Waals surface area contributed by atoms with Crippen LogP contribution in [0.5, 0.6) is 0 Å². The fourth-order valence-electron chi connectivity index (χ4n) is 0. The predicted molar refractivity (Wildman–Crippen MR) is 13.5 cm³/mol. The summed E-state index contributed by atoms with van der Waals surface area (Å²) in [5.74, 6) is 0. The summed E-state index contributed by atoms with van der Waals surface area (Å²) in [6.45, 7) is 0. The van der Waals surface area contributed by atoms with Crippen LogP contribution in [0.2, 0.25) is 0 Å². The Hall–Kier alpha value is 3.55. The van der Waals surface area contributed by atoms with Crippen molar-refractivity contribution in [3.63, 3.8) is 0 Å².